The molecule has 0 aliphatic rings. The van der Waals surface area contributed by atoms with Gasteiger partial charge in [-0.25, -0.2) is 8.42 Å². The molecule has 10 heteroatoms. The molecular formula is C18H17F3N2O3S2. The van der Waals surface area contributed by atoms with E-state index in [0.29, 0.717) is 10.6 Å². The summed E-state index contributed by atoms with van der Waals surface area (Å²) in [5.41, 5.74) is 2.99. The number of halogens is 3. The Bertz CT molecular complexity index is 1120. The summed E-state index contributed by atoms with van der Waals surface area (Å²) in [5.74, 6) is -1.23. The molecule has 0 radical (unpaired) electrons. The first-order valence-corrected chi connectivity index (χ1v) is 10.4. The molecule has 1 N–H and O–H groups in total. The molecule has 0 fully saturated rings. The Hall–Kier alpha value is -2.33. The molecule has 0 bridgehead atoms. The summed E-state index contributed by atoms with van der Waals surface area (Å²) in [7, 11) is -3.93. The molecule has 0 spiro atoms. The van der Waals surface area contributed by atoms with Crippen LogP contribution in [0.3, 0.4) is 0 Å². The van der Waals surface area contributed by atoms with E-state index in [1.54, 1.807) is 20.8 Å². The Kier molecular flexibility index (Phi) is 5.05. The van der Waals surface area contributed by atoms with Crippen LogP contribution in [0.5, 0.6) is 0 Å². The van der Waals surface area contributed by atoms with Gasteiger partial charge in [-0.15, -0.1) is 11.3 Å². The minimum Gasteiger partial charge on any atom is -0.351 e. The van der Waals surface area contributed by atoms with Crippen LogP contribution in [0.1, 0.15) is 27.3 Å². The number of sulfonamides is 1. The van der Waals surface area contributed by atoms with Crippen molar-refractivity contribution in [3.05, 3.63) is 51.6 Å². The topological polar surface area (TPSA) is 72.2 Å². The average molecular weight is 430 g/mol. The monoisotopic (exact) mass is 430 g/mol. The third kappa shape index (κ3) is 3.93. The summed E-state index contributed by atoms with van der Waals surface area (Å²) in [4.78, 5) is 0.694. The first-order valence-electron chi connectivity index (χ1n) is 8.14. The van der Waals surface area contributed by atoms with Crippen LogP contribution in [0.15, 0.2) is 33.7 Å². The van der Waals surface area contributed by atoms with Gasteiger partial charge in [-0.05, 0) is 44.9 Å². The van der Waals surface area contributed by atoms with Crippen molar-refractivity contribution >= 4 is 27.0 Å². The second-order valence-electron chi connectivity index (χ2n) is 6.48. The molecule has 150 valence electrons. The Balaban J connectivity index is 1.97. The number of hydrogen-bond donors (Lipinski definition) is 1. The number of hydrogen-bond acceptors (Lipinski definition) is 5. The van der Waals surface area contributed by atoms with Crippen molar-refractivity contribution in [1.29, 1.82) is 0 Å². The Morgan fingerprint density at radius 1 is 1.04 bits per heavy atom. The number of alkyl halides is 3. The molecule has 0 saturated carbocycles. The number of rotatable bonds is 4. The van der Waals surface area contributed by atoms with Gasteiger partial charge in [-0.3, -0.25) is 4.72 Å². The Morgan fingerprint density at radius 2 is 1.64 bits per heavy atom. The number of aryl methyl sites for hydroxylation is 4. The van der Waals surface area contributed by atoms with Crippen LogP contribution in [0.4, 0.5) is 18.9 Å². The molecule has 0 saturated heterocycles. The number of benzene rings is 1. The molecule has 5 nitrogen and oxygen atoms in total. The lowest BCUT2D eigenvalue weighted by atomic mass is 10.1. The highest BCUT2D eigenvalue weighted by molar-refractivity contribution is 7.93. The molecule has 3 aromatic rings. The molecule has 2 aromatic heterocycles. The zero-order valence-corrected chi connectivity index (χ0v) is 17.1. The lowest BCUT2D eigenvalue weighted by Gasteiger charge is -2.14. The van der Waals surface area contributed by atoms with Gasteiger partial charge in [0.15, 0.2) is 0 Å². The molecule has 0 aliphatic carbocycles. The van der Waals surface area contributed by atoms with Crippen LogP contribution in [-0.4, -0.2) is 13.6 Å². The molecule has 28 heavy (non-hydrogen) atoms. The molecule has 0 amide bonds. The van der Waals surface area contributed by atoms with Crippen LogP contribution >= 0.6 is 11.3 Å². The van der Waals surface area contributed by atoms with Gasteiger partial charge in [-0.2, -0.15) is 13.2 Å². The lowest BCUT2D eigenvalue weighted by molar-refractivity contribution is -0.155. The van der Waals surface area contributed by atoms with Gasteiger partial charge < -0.3 is 4.52 Å². The van der Waals surface area contributed by atoms with Crippen molar-refractivity contribution in [2.45, 2.75) is 38.8 Å². The molecule has 0 atom stereocenters. The van der Waals surface area contributed by atoms with E-state index in [1.807, 2.05) is 19.1 Å². The fourth-order valence-corrected chi connectivity index (χ4v) is 5.66. The lowest BCUT2D eigenvalue weighted by Crippen LogP contribution is -2.15. The maximum atomic E-state index is 12.9. The number of nitrogens with zero attached hydrogens (tertiary/aromatic N) is 1. The van der Waals surface area contributed by atoms with E-state index in [0.717, 1.165) is 34.1 Å². The van der Waals surface area contributed by atoms with Crippen molar-refractivity contribution < 1.29 is 26.1 Å². The van der Waals surface area contributed by atoms with Crippen LogP contribution in [0.25, 0.3) is 10.6 Å². The van der Waals surface area contributed by atoms with Gasteiger partial charge in [0, 0.05) is 10.9 Å². The minimum absolute atomic E-state index is 0.0107. The van der Waals surface area contributed by atoms with Crippen LogP contribution in [-0.2, 0) is 16.2 Å². The third-order valence-corrected chi connectivity index (χ3v) is 6.80. The Labute approximate surface area is 164 Å². The van der Waals surface area contributed by atoms with E-state index in [4.69, 9.17) is 0 Å². The van der Waals surface area contributed by atoms with E-state index >= 15 is 0 Å². The number of aromatic nitrogens is 1. The van der Waals surface area contributed by atoms with E-state index in [9.17, 15) is 21.6 Å². The quantitative estimate of drug-likeness (QED) is 0.597. The number of anilines is 1. The zero-order valence-electron chi connectivity index (χ0n) is 15.4. The fourth-order valence-electron chi connectivity index (χ4n) is 2.91. The van der Waals surface area contributed by atoms with Crippen molar-refractivity contribution in [2.75, 3.05) is 4.72 Å². The molecule has 0 unspecified atom stereocenters. The van der Waals surface area contributed by atoms with Gasteiger partial charge in [0.2, 0.25) is 5.76 Å². The summed E-state index contributed by atoms with van der Waals surface area (Å²) < 4.78 is 70.8. The fraction of sp³-hybridized carbons (Fsp3) is 0.278. The maximum absolute atomic E-state index is 12.9. The molecule has 1 aromatic carbocycles. The molecule has 0 aliphatic heterocycles. The van der Waals surface area contributed by atoms with Gasteiger partial charge in [-0.1, -0.05) is 22.9 Å². The number of thiophene rings is 1. The van der Waals surface area contributed by atoms with E-state index in [-0.39, 0.29) is 15.5 Å². The van der Waals surface area contributed by atoms with Gasteiger partial charge >= 0.3 is 6.18 Å². The second kappa shape index (κ2) is 6.93. The average Bonchev–Trinajstić information content (AvgIpc) is 3.17. The first kappa shape index (κ1) is 20.4. The molecule has 3 rings (SSSR count). The Morgan fingerprint density at radius 3 is 2.18 bits per heavy atom. The van der Waals surface area contributed by atoms with Crippen LogP contribution in [0.2, 0.25) is 0 Å². The zero-order chi connectivity index (χ0) is 20.9. The second-order valence-corrected chi connectivity index (χ2v) is 9.39. The van der Waals surface area contributed by atoms with E-state index in [1.165, 1.54) is 6.07 Å². The van der Waals surface area contributed by atoms with E-state index in [2.05, 4.69) is 14.4 Å². The standard InChI is InChI=1S/C18H17F3N2O3S2/c1-9-5-10(2)17(11(3)6-9)23-28(24,25)15-8-14(27-12(15)4)13-7-16(26-22-13)18(19,20)21/h5-8,23H,1-4H3. The largest absolute Gasteiger partial charge is 0.452 e. The smallest absolute Gasteiger partial charge is 0.351 e. The summed E-state index contributed by atoms with van der Waals surface area (Å²) in [6.45, 7) is 7.11. The summed E-state index contributed by atoms with van der Waals surface area (Å²) in [6, 6.07) is 5.79. The third-order valence-electron chi connectivity index (χ3n) is 4.12. The van der Waals surface area contributed by atoms with E-state index < -0.39 is 22.0 Å². The van der Waals surface area contributed by atoms with Crippen molar-refractivity contribution in [3.8, 4) is 10.6 Å². The summed E-state index contributed by atoms with van der Waals surface area (Å²) in [5, 5.41) is 3.41. The predicted octanol–water partition coefficient (Wildman–Crippen LogP) is 5.46. The van der Waals surface area contributed by atoms with Crippen LogP contribution < -0.4 is 4.72 Å². The van der Waals surface area contributed by atoms with Crippen molar-refractivity contribution in [1.82, 2.24) is 5.16 Å². The van der Waals surface area contributed by atoms with Crippen molar-refractivity contribution in [2.24, 2.45) is 0 Å². The van der Waals surface area contributed by atoms with Gasteiger partial charge in [0.1, 0.15) is 10.6 Å². The van der Waals surface area contributed by atoms with Crippen LogP contribution in [0, 0.1) is 27.7 Å². The summed E-state index contributed by atoms with van der Waals surface area (Å²) in [6.07, 6.45) is -4.66. The highest BCUT2D eigenvalue weighted by Gasteiger charge is 2.36. The molecule has 2 heterocycles. The minimum atomic E-state index is -4.66. The first-order chi connectivity index (χ1) is 12.9. The highest BCUT2D eigenvalue weighted by atomic mass is 32.2. The maximum Gasteiger partial charge on any atom is 0.452 e. The SMILES string of the molecule is Cc1cc(C)c(NS(=O)(=O)c2cc(-c3cc(C(F)(F)F)on3)sc2C)c(C)c1. The normalized spacial score (nSPS) is 12.4. The number of nitrogens with one attached hydrogen (secondary N) is 1. The predicted molar refractivity (Wildman–Crippen MR) is 101 cm³/mol. The summed E-state index contributed by atoms with van der Waals surface area (Å²) >= 11 is 1.03. The molecular weight excluding hydrogens is 413 g/mol. The van der Waals surface area contributed by atoms with Gasteiger partial charge in [0.25, 0.3) is 10.0 Å². The van der Waals surface area contributed by atoms with Crippen molar-refractivity contribution in [3.63, 3.8) is 0 Å². The highest BCUT2D eigenvalue weighted by Crippen LogP contribution is 2.37. The van der Waals surface area contributed by atoms with Gasteiger partial charge in [0.05, 0.1) is 10.6 Å².